The molecule has 0 spiro atoms. The fourth-order valence-corrected chi connectivity index (χ4v) is 1.87. The van der Waals surface area contributed by atoms with Gasteiger partial charge in [-0.1, -0.05) is 13.3 Å². The molecule has 0 amide bonds. The molecule has 106 valence electrons. The summed E-state index contributed by atoms with van der Waals surface area (Å²) in [6.07, 6.45) is 1.72. The zero-order chi connectivity index (χ0) is 14.7. The minimum Gasteiger partial charge on any atom is -0.460 e. The molecule has 0 unspecified atom stereocenters. The number of ether oxygens (including phenoxy) is 1. The molecule has 1 aromatic heterocycles. The highest BCUT2D eigenvalue weighted by atomic mass is 16.6. The minimum atomic E-state index is -0.545. The number of nitrogens with zero attached hydrogens (tertiary/aromatic N) is 2. The van der Waals surface area contributed by atoms with Gasteiger partial charge in [-0.15, -0.1) is 0 Å². The first kappa shape index (κ1) is 14.0. The van der Waals surface area contributed by atoms with E-state index >= 15 is 0 Å². The van der Waals surface area contributed by atoms with Crippen LogP contribution in [0.5, 0.6) is 0 Å². The van der Waals surface area contributed by atoms with Crippen LogP contribution in [0.2, 0.25) is 0 Å². The molecule has 0 bridgehead atoms. The molecule has 2 rings (SSSR count). The van der Waals surface area contributed by atoms with Crippen LogP contribution in [-0.2, 0) is 4.74 Å². The summed E-state index contributed by atoms with van der Waals surface area (Å²) < 4.78 is 5.05. The molecule has 1 heterocycles. The molecule has 0 aliphatic carbocycles. The van der Waals surface area contributed by atoms with Crippen molar-refractivity contribution in [1.29, 1.82) is 0 Å². The molecular weight excluding hydrogens is 262 g/mol. The molecule has 1 N–H and O–H groups in total. The van der Waals surface area contributed by atoms with Gasteiger partial charge < -0.3 is 9.72 Å². The SMILES string of the molecule is CCCCOC(=O)c1nc2c(C)c([N+](=O)[O-])ccc2[nH]1. The number of aromatic nitrogens is 2. The van der Waals surface area contributed by atoms with Gasteiger partial charge in [-0.3, -0.25) is 10.1 Å². The number of carbonyl (C=O) groups excluding carboxylic acids is 1. The number of esters is 1. The maximum Gasteiger partial charge on any atom is 0.374 e. The summed E-state index contributed by atoms with van der Waals surface area (Å²) in [5.74, 6) is -0.476. The number of aromatic amines is 1. The predicted molar refractivity (Wildman–Crippen MR) is 72.7 cm³/mol. The Hall–Kier alpha value is -2.44. The van der Waals surface area contributed by atoms with Gasteiger partial charge in [0.2, 0.25) is 5.82 Å². The zero-order valence-corrected chi connectivity index (χ0v) is 11.3. The number of benzene rings is 1. The molecule has 0 fully saturated rings. The zero-order valence-electron chi connectivity index (χ0n) is 11.3. The summed E-state index contributed by atoms with van der Waals surface area (Å²) in [4.78, 5) is 29.1. The third-order valence-electron chi connectivity index (χ3n) is 3.00. The molecule has 20 heavy (non-hydrogen) atoms. The summed E-state index contributed by atoms with van der Waals surface area (Å²) in [7, 11) is 0. The van der Waals surface area contributed by atoms with E-state index in [1.165, 1.54) is 12.1 Å². The number of nitro benzene ring substituents is 1. The van der Waals surface area contributed by atoms with E-state index in [1.807, 2.05) is 6.92 Å². The van der Waals surface area contributed by atoms with Gasteiger partial charge in [0.1, 0.15) is 0 Å². The van der Waals surface area contributed by atoms with E-state index < -0.39 is 10.9 Å². The van der Waals surface area contributed by atoms with E-state index in [-0.39, 0.29) is 11.5 Å². The Labute approximate surface area is 115 Å². The number of carbonyl (C=O) groups is 1. The number of nitro groups is 1. The van der Waals surface area contributed by atoms with Crippen molar-refractivity contribution in [1.82, 2.24) is 9.97 Å². The number of H-pyrrole nitrogens is 1. The van der Waals surface area contributed by atoms with Crippen molar-refractivity contribution in [2.75, 3.05) is 6.61 Å². The maximum absolute atomic E-state index is 11.8. The second kappa shape index (κ2) is 5.68. The second-order valence-electron chi connectivity index (χ2n) is 4.44. The van der Waals surface area contributed by atoms with Crippen molar-refractivity contribution >= 4 is 22.7 Å². The Balaban J connectivity index is 2.32. The number of unbranched alkanes of at least 4 members (excludes halogenated alkanes) is 1. The van der Waals surface area contributed by atoms with Crippen LogP contribution in [0.25, 0.3) is 11.0 Å². The Bertz CT molecular complexity index is 663. The lowest BCUT2D eigenvalue weighted by Crippen LogP contribution is -2.08. The fourth-order valence-electron chi connectivity index (χ4n) is 1.87. The molecule has 7 heteroatoms. The average Bonchev–Trinajstić information content (AvgIpc) is 2.84. The minimum absolute atomic E-state index is 0.0186. The lowest BCUT2D eigenvalue weighted by Gasteiger charge is -1.99. The van der Waals surface area contributed by atoms with Crippen LogP contribution < -0.4 is 0 Å². The Morgan fingerprint density at radius 2 is 2.25 bits per heavy atom. The Kier molecular flexibility index (Phi) is 3.97. The van der Waals surface area contributed by atoms with Gasteiger partial charge in [-0.25, -0.2) is 9.78 Å². The Morgan fingerprint density at radius 1 is 1.50 bits per heavy atom. The van der Waals surface area contributed by atoms with Crippen LogP contribution in [0.4, 0.5) is 5.69 Å². The molecule has 7 nitrogen and oxygen atoms in total. The van der Waals surface area contributed by atoms with Crippen molar-refractivity contribution in [2.24, 2.45) is 0 Å². The normalized spacial score (nSPS) is 10.7. The van der Waals surface area contributed by atoms with Gasteiger partial charge in [0, 0.05) is 6.07 Å². The predicted octanol–water partition coefficient (Wildman–Crippen LogP) is 2.74. The molecule has 0 atom stereocenters. The number of fused-ring (bicyclic) bond motifs is 1. The molecule has 0 saturated carbocycles. The monoisotopic (exact) mass is 277 g/mol. The lowest BCUT2D eigenvalue weighted by atomic mass is 10.1. The van der Waals surface area contributed by atoms with Gasteiger partial charge in [-0.2, -0.15) is 0 Å². The number of nitrogens with one attached hydrogen (secondary N) is 1. The molecule has 0 aliphatic heterocycles. The maximum atomic E-state index is 11.8. The lowest BCUT2D eigenvalue weighted by molar-refractivity contribution is -0.385. The Morgan fingerprint density at radius 3 is 2.90 bits per heavy atom. The number of rotatable bonds is 5. The van der Waals surface area contributed by atoms with Crippen LogP contribution in [-0.4, -0.2) is 27.5 Å². The highest BCUT2D eigenvalue weighted by Gasteiger charge is 2.19. The van der Waals surface area contributed by atoms with Crippen LogP contribution in [0.3, 0.4) is 0 Å². The van der Waals surface area contributed by atoms with Crippen LogP contribution in [0.1, 0.15) is 35.9 Å². The van der Waals surface area contributed by atoms with E-state index in [1.54, 1.807) is 6.92 Å². The van der Waals surface area contributed by atoms with Crippen molar-refractivity contribution in [2.45, 2.75) is 26.7 Å². The molecule has 2 aromatic rings. The summed E-state index contributed by atoms with van der Waals surface area (Å²) in [5, 5.41) is 10.9. The van der Waals surface area contributed by atoms with E-state index in [9.17, 15) is 14.9 Å². The van der Waals surface area contributed by atoms with Crippen LogP contribution in [0, 0.1) is 17.0 Å². The van der Waals surface area contributed by atoms with E-state index in [2.05, 4.69) is 9.97 Å². The number of imidazole rings is 1. The molecule has 0 aliphatic rings. The van der Waals surface area contributed by atoms with Crippen molar-refractivity contribution < 1.29 is 14.5 Å². The second-order valence-corrected chi connectivity index (χ2v) is 4.44. The summed E-state index contributed by atoms with van der Waals surface area (Å²) in [6.45, 7) is 3.94. The third kappa shape index (κ3) is 2.61. The quantitative estimate of drug-likeness (QED) is 0.392. The highest BCUT2D eigenvalue weighted by Crippen LogP contribution is 2.25. The first-order valence-electron chi connectivity index (χ1n) is 6.35. The molecule has 0 radical (unpaired) electrons. The summed E-state index contributed by atoms with van der Waals surface area (Å²) in [5.41, 5.74) is 1.41. The van der Waals surface area contributed by atoms with Gasteiger partial charge in [0.15, 0.2) is 0 Å². The number of hydrogen-bond acceptors (Lipinski definition) is 5. The number of aryl methyl sites for hydroxylation is 1. The van der Waals surface area contributed by atoms with Crippen LogP contribution in [0.15, 0.2) is 12.1 Å². The van der Waals surface area contributed by atoms with Gasteiger partial charge >= 0.3 is 5.97 Å². The van der Waals surface area contributed by atoms with E-state index in [0.717, 1.165) is 12.8 Å². The summed E-state index contributed by atoms with van der Waals surface area (Å²) in [6, 6.07) is 2.93. The van der Waals surface area contributed by atoms with Gasteiger partial charge in [0.05, 0.1) is 28.1 Å². The highest BCUT2D eigenvalue weighted by molar-refractivity contribution is 5.92. The van der Waals surface area contributed by atoms with Crippen molar-refractivity contribution in [3.63, 3.8) is 0 Å². The third-order valence-corrected chi connectivity index (χ3v) is 3.00. The largest absolute Gasteiger partial charge is 0.460 e. The van der Waals surface area contributed by atoms with E-state index in [4.69, 9.17) is 4.74 Å². The van der Waals surface area contributed by atoms with Crippen LogP contribution >= 0.6 is 0 Å². The number of hydrogen-bond donors (Lipinski definition) is 1. The van der Waals surface area contributed by atoms with Gasteiger partial charge in [0.25, 0.3) is 5.69 Å². The topological polar surface area (TPSA) is 98.1 Å². The molecule has 1 aromatic carbocycles. The summed E-state index contributed by atoms with van der Waals surface area (Å²) >= 11 is 0. The molecule has 0 saturated heterocycles. The average molecular weight is 277 g/mol. The smallest absolute Gasteiger partial charge is 0.374 e. The van der Waals surface area contributed by atoms with E-state index in [0.29, 0.717) is 23.2 Å². The van der Waals surface area contributed by atoms with Crippen molar-refractivity contribution in [3.8, 4) is 0 Å². The first-order valence-corrected chi connectivity index (χ1v) is 6.35. The van der Waals surface area contributed by atoms with Gasteiger partial charge in [-0.05, 0) is 19.4 Å². The fraction of sp³-hybridized carbons (Fsp3) is 0.385. The first-order chi connectivity index (χ1) is 9.54. The standard InChI is InChI=1S/C13H15N3O4/c1-3-4-7-20-13(17)12-14-9-5-6-10(16(18)19)8(2)11(9)15-12/h5-6H,3-4,7H2,1-2H3,(H,14,15). The molecular formula is C13H15N3O4. The van der Waals surface area contributed by atoms with Crippen molar-refractivity contribution in [3.05, 3.63) is 33.6 Å².